The van der Waals surface area contributed by atoms with E-state index in [1.807, 2.05) is 0 Å². The maximum absolute atomic E-state index is 10.1. The van der Waals surface area contributed by atoms with Crippen molar-refractivity contribution in [3.05, 3.63) is 34.4 Å². The van der Waals surface area contributed by atoms with Gasteiger partial charge < -0.3 is 0 Å². The Morgan fingerprint density at radius 3 is 1.39 bits per heavy atom. The minimum Gasteiger partial charge on any atom is -0.192 e. The molecule has 2 heteroatoms. The monoisotopic (exact) mass is 446 g/mol. The van der Waals surface area contributed by atoms with Crippen molar-refractivity contribution in [3.8, 4) is 12.1 Å². The molecular formula is C31H46N2. The first-order valence-corrected chi connectivity index (χ1v) is 14.2. The largest absolute Gasteiger partial charge is 0.192 e. The standard InChI is InChI=1S/C31H46N2/c1-3-5-7-9-11-25-14-18-27(19-15-25)29-21-20-28(30(22-32)31(29)23-33)26-16-12-24(13-17-26)10-8-6-4-2/h20-21,24-27H,3-19H2,1-2H3/t24-,25-,26-,27-. The highest BCUT2D eigenvalue weighted by Crippen LogP contribution is 2.43. The molecule has 2 fully saturated rings. The molecule has 0 atom stereocenters. The topological polar surface area (TPSA) is 47.6 Å². The molecule has 0 aromatic heterocycles. The van der Waals surface area contributed by atoms with Crippen LogP contribution < -0.4 is 0 Å². The van der Waals surface area contributed by atoms with Crippen molar-refractivity contribution in [2.75, 3.05) is 0 Å². The van der Waals surface area contributed by atoms with E-state index in [1.54, 1.807) is 0 Å². The van der Waals surface area contributed by atoms with E-state index in [2.05, 4.69) is 38.1 Å². The lowest BCUT2D eigenvalue weighted by molar-refractivity contribution is 0.300. The van der Waals surface area contributed by atoms with Crippen LogP contribution in [0.3, 0.4) is 0 Å². The van der Waals surface area contributed by atoms with Gasteiger partial charge in [-0.3, -0.25) is 0 Å². The molecular weight excluding hydrogens is 400 g/mol. The van der Waals surface area contributed by atoms with Crippen LogP contribution in [0.5, 0.6) is 0 Å². The van der Waals surface area contributed by atoms with E-state index in [1.165, 1.54) is 109 Å². The number of unbranched alkanes of at least 4 members (excludes halogenated alkanes) is 5. The molecule has 2 aliphatic rings. The fraction of sp³-hybridized carbons (Fsp3) is 0.742. The van der Waals surface area contributed by atoms with Crippen molar-refractivity contribution in [3.63, 3.8) is 0 Å². The number of nitrogens with zero attached hydrogens (tertiary/aromatic N) is 2. The Balaban J connectivity index is 1.62. The maximum atomic E-state index is 10.1. The summed E-state index contributed by atoms with van der Waals surface area (Å²) in [5.41, 5.74) is 3.72. The molecule has 0 radical (unpaired) electrons. The summed E-state index contributed by atoms with van der Waals surface area (Å²) in [6.07, 6.45) is 22.0. The third kappa shape index (κ3) is 7.09. The lowest BCUT2D eigenvalue weighted by Crippen LogP contribution is -2.17. The summed E-state index contributed by atoms with van der Waals surface area (Å²) in [7, 11) is 0. The molecule has 0 spiro atoms. The van der Waals surface area contributed by atoms with Gasteiger partial charge in [-0.15, -0.1) is 0 Å². The van der Waals surface area contributed by atoms with Crippen LogP contribution in [0.2, 0.25) is 0 Å². The highest BCUT2D eigenvalue weighted by atomic mass is 14.4. The van der Waals surface area contributed by atoms with E-state index in [4.69, 9.17) is 0 Å². The molecule has 0 N–H and O–H groups in total. The smallest absolute Gasteiger partial charge is 0.101 e. The summed E-state index contributed by atoms with van der Waals surface area (Å²) in [4.78, 5) is 0. The molecule has 1 aromatic carbocycles. The second kappa shape index (κ2) is 13.8. The van der Waals surface area contributed by atoms with Gasteiger partial charge in [0.2, 0.25) is 0 Å². The predicted molar refractivity (Wildman–Crippen MR) is 138 cm³/mol. The van der Waals surface area contributed by atoms with Crippen LogP contribution in [0.25, 0.3) is 0 Å². The van der Waals surface area contributed by atoms with Gasteiger partial charge in [-0.05, 0) is 86.2 Å². The van der Waals surface area contributed by atoms with E-state index in [9.17, 15) is 10.5 Å². The second-order valence-electron chi connectivity index (χ2n) is 11.0. The van der Waals surface area contributed by atoms with Crippen molar-refractivity contribution in [1.29, 1.82) is 10.5 Å². The Hall–Kier alpha value is -1.80. The molecule has 2 saturated carbocycles. The van der Waals surface area contributed by atoms with Crippen LogP contribution in [0.4, 0.5) is 0 Å². The van der Waals surface area contributed by atoms with Gasteiger partial charge in [0, 0.05) is 0 Å². The summed E-state index contributed by atoms with van der Waals surface area (Å²) in [6, 6.07) is 9.40. The molecule has 33 heavy (non-hydrogen) atoms. The average molecular weight is 447 g/mol. The zero-order valence-electron chi connectivity index (χ0n) is 21.4. The minimum atomic E-state index is 0.460. The summed E-state index contributed by atoms with van der Waals surface area (Å²) in [6.45, 7) is 4.55. The summed E-state index contributed by atoms with van der Waals surface area (Å²) in [5, 5.41) is 20.1. The summed E-state index contributed by atoms with van der Waals surface area (Å²) >= 11 is 0. The number of nitriles is 2. The molecule has 1 aromatic rings. The van der Waals surface area contributed by atoms with Gasteiger partial charge in [0.1, 0.15) is 12.1 Å². The van der Waals surface area contributed by atoms with Crippen LogP contribution in [0.15, 0.2) is 12.1 Å². The fourth-order valence-electron chi connectivity index (χ4n) is 6.62. The molecule has 0 heterocycles. The van der Waals surface area contributed by atoms with E-state index in [-0.39, 0.29) is 0 Å². The van der Waals surface area contributed by atoms with Gasteiger partial charge in [-0.1, -0.05) is 83.8 Å². The van der Waals surface area contributed by atoms with Crippen LogP contribution in [0.1, 0.15) is 157 Å². The van der Waals surface area contributed by atoms with Crippen LogP contribution in [-0.2, 0) is 0 Å². The first-order valence-electron chi connectivity index (χ1n) is 14.2. The average Bonchev–Trinajstić information content (AvgIpc) is 2.86. The van der Waals surface area contributed by atoms with Gasteiger partial charge >= 0.3 is 0 Å². The molecule has 0 amide bonds. The Bertz CT molecular complexity index is 795. The molecule has 0 saturated heterocycles. The first kappa shape index (κ1) is 25.8. The number of hydrogen-bond acceptors (Lipinski definition) is 2. The molecule has 180 valence electrons. The van der Waals surface area contributed by atoms with Crippen molar-refractivity contribution >= 4 is 0 Å². The van der Waals surface area contributed by atoms with E-state index in [0.29, 0.717) is 23.0 Å². The fourth-order valence-corrected chi connectivity index (χ4v) is 6.62. The Kier molecular flexibility index (Phi) is 10.8. The van der Waals surface area contributed by atoms with Gasteiger partial charge in [0.25, 0.3) is 0 Å². The van der Waals surface area contributed by atoms with Crippen molar-refractivity contribution in [2.24, 2.45) is 11.8 Å². The normalized spacial score (nSPS) is 25.3. The van der Waals surface area contributed by atoms with Crippen molar-refractivity contribution in [1.82, 2.24) is 0 Å². The lowest BCUT2D eigenvalue weighted by atomic mass is 9.72. The Morgan fingerprint density at radius 2 is 1.00 bits per heavy atom. The third-order valence-corrected chi connectivity index (χ3v) is 8.75. The zero-order chi connectivity index (χ0) is 23.5. The zero-order valence-corrected chi connectivity index (χ0v) is 21.4. The SMILES string of the molecule is CCCCCC[C@H]1CC[C@H](c2ccc([C@H]3CC[C@H](CCCCC)CC3)c(C#N)c2C#N)CC1. The van der Waals surface area contributed by atoms with Crippen molar-refractivity contribution < 1.29 is 0 Å². The summed E-state index contributed by atoms with van der Waals surface area (Å²) < 4.78 is 0. The molecule has 2 aliphatic carbocycles. The third-order valence-electron chi connectivity index (χ3n) is 8.75. The minimum absolute atomic E-state index is 0.460. The quantitative estimate of drug-likeness (QED) is 0.318. The van der Waals surface area contributed by atoms with E-state index >= 15 is 0 Å². The summed E-state index contributed by atoms with van der Waals surface area (Å²) in [5.74, 6) is 2.65. The Morgan fingerprint density at radius 1 is 0.606 bits per heavy atom. The molecule has 0 aliphatic heterocycles. The van der Waals surface area contributed by atoms with Crippen LogP contribution in [0, 0.1) is 34.5 Å². The second-order valence-corrected chi connectivity index (χ2v) is 11.0. The molecule has 0 bridgehead atoms. The van der Waals surface area contributed by atoms with Crippen LogP contribution in [-0.4, -0.2) is 0 Å². The first-order chi connectivity index (χ1) is 16.2. The number of benzene rings is 1. The predicted octanol–water partition coefficient (Wildman–Crippen LogP) is 9.53. The number of hydrogen-bond donors (Lipinski definition) is 0. The van der Waals surface area contributed by atoms with Gasteiger partial charge in [-0.2, -0.15) is 10.5 Å². The van der Waals surface area contributed by atoms with E-state index < -0.39 is 0 Å². The van der Waals surface area contributed by atoms with Gasteiger partial charge in [0.15, 0.2) is 0 Å². The lowest BCUT2D eigenvalue weighted by Gasteiger charge is -2.31. The molecule has 0 unspecified atom stereocenters. The Labute approximate surface area is 203 Å². The van der Waals surface area contributed by atoms with Crippen LogP contribution >= 0.6 is 0 Å². The van der Waals surface area contributed by atoms with Gasteiger partial charge in [-0.25, -0.2) is 0 Å². The maximum Gasteiger partial charge on any atom is 0.101 e. The highest BCUT2D eigenvalue weighted by molar-refractivity contribution is 5.56. The molecule has 3 rings (SSSR count). The van der Waals surface area contributed by atoms with Gasteiger partial charge in [0.05, 0.1) is 11.1 Å². The van der Waals surface area contributed by atoms with E-state index in [0.717, 1.165) is 23.0 Å². The van der Waals surface area contributed by atoms with Crippen molar-refractivity contribution in [2.45, 2.75) is 135 Å². The highest BCUT2D eigenvalue weighted by Gasteiger charge is 2.29. The number of rotatable bonds is 11. The molecule has 2 nitrogen and oxygen atoms in total.